The molecule has 0 fully saturated rings. The van der Waals surface area contributed by atoms with Crippen molar-refractivity contribution in [3.05, 3.63) is 350 Å². The van der Waals surface area contributed by atoms with Crippen molar-refractivity contribution in [3.8, 4) is 55.6 Å². The largest absolute Gasteiger partial charge is 0.455 e. The Kier molecular flexibility index (Phi) is 12.3. The summed E-state index contributed by atoms with van der Waals surface area (Å²) in [5.74, 6) is 0. The second-order valence-corrected chi connectivity index (χ2v) is 28.2. The molecule has 0 saturated carbocycles. The van der Waals surface area contributed by atoms with Crippen molar-refractivity contribution < 1.29 is 8.83 Å². The summed E-state index contributed by atoms with van der Waals surface area (Å²) in [6.45, 7) is 0. The fourth-order valence-corrected chi connectivity index (χ4v) is 17.8. The smallest absolute Gasteiger partial charge is 0.145 e. The summed E-state index contributed by atoms with van der Waals surface area (Å²) in [6, 6.07) is 120. The Morgan fingerprint density at radius 3 is 0.870 bits per heavy atom. The van der Waals surface area contributed by atoms with Crippen molar-refractivity contribution in [3.63, 3.8) is 0 Å². The maximum absolute atomic E-state index is 7.68. The van der Waals surface area contributed by atoms with Crippen molar-refractivity contribution in [1.29, 1.82) is 0 Å². The molecule has 14 aromatic carbocycles. The fourth-order valence-electron chi connectivity index (χ4n) is 15.2. The van der Waals surface area contributed by atoms with Gasteiger partial charge in [-0.15, -0.1) is 0 Å². The zero-order valence-electron chi connectivity index (χ0n) is 50.8. The standard InChI is InChI=1S/C87H60N2O2S/c1-92(2)79-37-21-17-33-71(79)87(72-34-18-22-38-80(72)92)73-55-75(88(65-47-39-61(40-48-65)57-23-7-3-8-24-57)66-49-41-62(42-50-66)58-25-9-4-10-26-58)81-69-31-15-19-35-77(69)90-85(81)83(73)84-74(87)56-76(82-70-32-16-20-36-78(70)91-86(82)84)89(67-51-43-63(44-52-67)59-27-11-5-12-28-59)68-53-45-64(46-54-68)60-29-13-6-14-30-60/h3-56H,1-2H3. The predicted octanol–water partition coefficient (Wildman–Crippen LogP) is 24.3. The maximum Gasteiger partial charge on any atom is 0.145 e. The molecule has 0 bridgehead atoms. The first-order valence-corrected chi connectivity index (χ1v) is 34.0. The van der Waals surface area contributed by atoms with E-state index < -0.39 is 15.4 Å². The fraction of sp³-hybridized carbons (Fsp3) is 0.0345. The van der Waals surface area contributed by atoms with Gasteiger partial charge in [0.25, 0.3) is 0 Å². The molecule has 2 aromatic heterocycles. The Morgan fingerprint density at radius 2 is 0.543 bits per heavy atom. The summed E-state index contributed by atoms with van der Waals surface area (Å²) in [4.78, 5) is 7.65. The van der Waals surface area contributed by atoms with Gasteiger partial charge in [0.1, 0.15) is 22.3 Å². The number of furan rings is 2. The van der Waals surface area contributed by atoms with Crippen LogP contribution in [0.2, 0.25) is 0 Å². The number of hydrogen-bond donors (Lipinski definition) is 0. The number of fused-ring (bicyclic) bond motifs is 17. The van der Waals surface area contributed by atoms with Gasteiger partial charge in [0, 0.05) is 44.6 Å². The Balaban J connectivity index is 0.983. The molecule has 2 aliphatic rings. The zero-order chi connectivity index (χ0) is 61.1. The van der Waals surface area contributed by atoms with Crippen molar-refractivity contribution >= 4 is 88.0 Å². The lowest BCUT2D eigenvalue weighted by atomic mass is 9.67. The lowest BCUT2D eigenvalue weighted by Crippen LogP contribution is -2.35. The molecular weight excluding hydrogens is 1140 g/mol. The number of rotatable bonds is 10. The topological polar surface area (TPSA) is 32.8 Å². The van der Waals surface area contributed by atoms with E-state index in [1.807, 2.05) is 0 Å². The zero-order valence-corrected chi connectivity index (χ0v) is 51.6. The van der Waals surface area contributed by atoms with Gasteiger partial charge < -0.3 is 18.6 Å². The molecular formula is C87H60N2O2S. The minimum atomic E-state index is -1.60. The lowest BCUT2D eigenvalue weighted by molar-refractivity contribution is 0.665. The van der Waals surface area contributed by atoms with E-state index in [9.17, 15) is 0 Å². The van der Waals surface area contributed by atoms with Crippen molar-refractivity contribution in [2.75, 3.05) is 22.3 Å². The van der Waals surface area contributed by atoms with Gasteiger partial charge >= 0.3 is 0 Å². The van der Waals surface area contributed by atoms with Crippen LogP contribution in [0, 0.1) is 0 Å². The van der Waals surface area contributed by atoms with E-state index in [1.54, 1.807) is 0 Å². The Labute approximate surface area is 536 Å². The van der Waals surface area contributed by atoms with Gasteiger partial charge in [0.05, 0.1) is 27.6 Å². The van der Waals surface area contributed by atoms with Crippen LogP contribution in [0.25, 0.3) is 99.5 Å². The summed E-state index contributed by atoms with van der Waals surface area (Å²) in [5, 5.41) is 4.12. The summed E-state index contributed by atoms with van der Waals surface area (Å²) < 4.78 is 15.4. The number of nitrogens with zero attached hydrogens (tertiary/aromatic N) is 2. The van der Waals surface area contributed by atoms with Crippen LogP contribution in [-0.2, 0) is 5.41 Å². The minimum Gasteiger partial charge on any atom is -0.455 e. The van der Waals surface area contributed by atoms with Gasteiger partial charge in [-0.2, -0.15) is 10.0 Å². The number of benzene rings is 14. The van der Waals surface area contributed by atoms with E-state index >= 15 is 0 Å². The molecule has 0 radical (unpaired) electrons. The molecule has 1 aliphatic heterocycles. The normalized spacial score (nSPS) is 13.6. The van der Waals surface area contributed by atoms with Crippen LogP contribution in [-0.4, -0.2) is 12.5 Å². The molecule has 0 unspecified atom stereocenters. The summed E-state index contributed by atoms with van der Waals surface area (Å²) >= 11 is 0. The molecule has 0 saturated heterocycles. The molecule has 16 aromatic rings. The second-order valence-electron chi connectivity index (χ2n) is 24.6. The quantitative estimate of drug-likeness (QED) is 0.137. The third-order valence-corrected chi connectivity index (χ3v) is 22.3. The number of anilines is 6. The van der Waals surface area contributed by atoms with Crippen LogP contribution < -0.4 is 9.80 Å². The molecule has 0 N–H and O–H groups in total. The van der Waals surface area contributed by atoms with Crippen molar-refractivity contribution in [2.24, 2.45) is 0 Å². The van der Waals surface area contributed by atoms with Gasteiger partial charge in [-0.25, -0.2) is 0 Å². The minimum absolute atomic E-state index is 0.815. The van der Waals surface area contributed by atoms with E-state index in [4.69, 9.17) is 8.83 Å². The third-order valence-electron chi connectivity index (χ3n) is 19.4. The molecule has 92 heavy (non-hydrogen) atoms. The molecule has 3 heterocycles. The highest BCUT2D eigenvalue weighted by Gasteiger charge is 2.55. The van der Waals surface area contributed by atoms with Gasteiger partial charge in [0.2, 0.25) is 0 Å². The lowest BCUT2D eigenvalue weighted by Gasteiger charge is -2.49. The first-order valence-electron chi connectivity index (χ1n) is 31.5. The highest BCUT2D eigenvalue weighted by molar-refractivity contribution is 8.32. The summed E-state index contributed by atoms with van der Waals surface area (Å²) in [7, 11) is -1.60. The van der Waals surface area contributed by atoms with E-state index in [2.05, 4.69) is 350 Å². The first kappa shape index (κ1) is 53.6. The highest BCUT2D eigenvalue weighted by Crippen LogP contribution is 2.73. The summed E-state index contributed by atoms with van der Waals surface area (Å²) in [5.41, 5.74) is 24.6. The second kappa shape index (κ2) is 21.1. The molecule has 0 atom stereocenters. The highest BCUT2D eigenvalue weighted by atomic mass is 32.3. The van der Waals surface area contributed by atoms with Gasteiger partial charge in [0.15, 0.2) is 0 Å². The molecule has 1 spiro atoms. The average Bonchev–Trinajstić information content (AvgIpc) is 1.46. The van der Waals surface area contributed by atoms with E-state index in [0.29, 0.717) is 0 Å². The Hall–Kier alpha value is -11.4. The molecule has 18 rings (SSSR count). The Bertz CT molecular complexity index is 4990. The maximum atomic E-state index is 7.68. The van der Waals surface area contributed by atoms with Crippen molar-refractivity contribution in [1.82, 2.24) is 0 Å². The van der Waals surface area contributed by atoms with Crippen LogP contribution in [0.15, 0.2) is 346 Å². The van der Waals surface area contributed by atoms with Crippen molar-refractivity contribution in [2.45, 2.75) is 15.2 Å². The Morgan fingerprint density at radius 1 is 0.272 bits per heavy atom. The van der Waals surface area contributed by atoms with E-state index in [-0.39, 0.29) is 0 Å². The monoisotopic (exact) mass is 1200 g/mol. The molecule has 4 nitrogen and oxygen atoms in total. The first-order chi connectivity index (χ1) is 45.4. The number of para-hydroxylation sites is 2. The predicted molar refractivity (Wildman–Crippen MR) is 385 cm³/mol. The SMILES string of the molecule is CS1(C)c2ccccc2C2(c3ccccc31)c1cc(N(c3ccc(-c4ccccc4)cc3)c3ccc(-c4ccccc4)cc3)c3c(oc4ccccc43)c1-c1c2cc(N(c2ccc(-c3ccccc3)cc2)c2ccc(-c3ccccc3)cc2)c2c1oc1ccccc12. The average molecular weight is 1200 g/mol. The van der Waals surface area contributed by atoms with E-state index in [1.165, 1.54) is 43.2 Å². The van der Waals surface area contributed by atoms with Gasteiger partial charge in [-0.1, -0.05) is 243 Å². The van der Waals surface area contributed by atoms with Crippen LogP contribution >= 0.6 is 10.0 Å². The molecule has 0 amide bonds. The molecule has 1 aliphatic carbocycles. The summed E-state index contributed by atoms with van der Waals surface area (Å²) in [6.07, 6.45) is 4.96. The molecule has 5 heteroatoms. The number of hydrogen-bond acceptors (Lipinski definition) is 4. The molecule has 436 valence electrons. The van der Waals surface area contributed by atoms with Gasteiger partial charge in [-0.3, -0.25) is 0 Å². The van der Waals surface area contributed by atoms with E-state index in [0.717, 1.165) is 123 Å². The van der Waals surface area contributed by atoms with Crippen LogP contribution in [0.1, 0.15) is 22.3 Å². The van der Waals surface area contributed by atoms with Gasteiger partial charge in [-0.05, 0) is 174 Å². The van der Waals surface area contributed by atoms with Crippen LogP contribution in [0.5, 0.6) is 0 Å². The van der Waals surface area contributed by atoms with Crippen LogP contribution in [0.3, 0.4) is 0 Å². The van der Waals surface area contributed by atoms with Crippen LogP contribution in [0.4, 0.5) is 34.1 Å². The third kappa shape index (κ3) is 8.18.